The van der Waals surface area contributed by atoms with Crippen molar-refractivity contribution in [2.24, 2.45) is 5.41 Å². The minimum Gasteiger partial charge on any atom is -0.465 e. The van der Waals surface area contributed by atoms with Crippen LogP contribution in [-0.4, -0.2) is 6.04 Å². The molecule has 0 saturated heterocycles. The molecule has 78 valence electrons. The molecule has 1 heterocycles. The summed E-state index contributed by atoms with van der Waals surface area (Å²) in [5.74, 6) is 2.03. The number of rotatable bonds is 4. The van der Waals surface area contributed by atoms with Crippen molar-refractivity contribution in [2.75, 3.05) is 0 Å². The maximum Gasteiger partial charge on any atom is 0.117 e. The molecule has 1 fully saturated rings. The van der Waals surface area contributed by atoms with Crippen LogP contribution < -0.4 is 5.32 Å². The van der Waals surface area contributed by atoms with E-state index in [-0.39, 0.29) is 0 Å². The Morgan fingerprint density at radius 1 is 1.50 bits per heavy atom. The Kier molecular flexibility index (Phi) is 2.40. The fraction of sp³-hybridized carbons (Fsp3) is 0.667. The molecule has 2 nitrogen and oxygen atoms in total. The van der Waals surface area contributed by atoms with Gasteiger partial charge in [-0.3, -0.25) is 0 Å². The van der Waals surface area contributed by atoms with E-state index in [9.17, 15) is 0 Å². The zero-order valence-corrected chi connectivity index (χ0v) is 9.26. The van der Waals surface area contributed by atoms with Crippen LogP contribution in [0.4, 0.5) is 0 Å². The molecule has 0 aromatic carbocycles. The lowest BCUT2D eigenvalue weighted by Crippen LogP contribution is -2.32. The van der Waals surface area contributed by atoms with Crippen molar-refractivity contribution in [3.05, 3.63) is 23.7 Å². The van der Waals surface area contributed by atoms with Gasteiger partial charge in [0, 0.05) is 6.04 Å². The molecule has 2 rings (SSSR count). The van der Waals surface area contributed by atoms with Gasteiger partial charge in [-0.1, -0.05) is 6.92 Å². The van der Waals surface area contributed by atoms with Gasteiger partial charge in [0.1, 0.15) is 11.5 Å². The van der Waals surface area contributed by atoms with Crippen molar-refractivity contribution in [3.63, 3.8) is 0 Å². The van der Waals surface area contributed by atoms with Crippen LogP contribution in [-0.2, 0) is 6.54 Å². The van der Waals surface area contributed by atoms with E-state index in [1.54, 1.807) is 0 Å². The summed E-state index contributed by atoms with van der Waals surface area (Å²) in [6, 6.07) is 4.65. The summed E-state index contributed by atoms with van der Waals surface area (Å²) < 4.78 is 5.50. The van der Waals surface area contributed by atoms with E-state index in [2.05, 4.69) is 19.2 Å². The van der Waals surface area contributed by atoms with Gasteiger partial charge in [0.25, 0.3) is 0 Å². The van der Waals surface area contributed by atoms with Crippen LogP contribution in [0.2, 0.25) is 0 Å². The fourth-order valence-electron chi connectivity index (χ4n) is 1.71. The summed E-state index contributed by atoms with van der Waals surface area (Å²) in [6.07, 6.45) is 2.72. The van der Waals surface area contributed by atoms with Crippen LogP contribution in [0.25, 0.3) is 0 Å². The molecule has 1 aromatic rings. The summed E-state index contributed by atoms with van der Waals surface area (Å²) in [6.45, 7) is 7.45. The molecule has 1 aromatic heterocycles. The third kappa shape index (κ3) is 2.01. The van der Waals surface area contributed by atoms with E-state index in [1.165, 1.54) is 12.8 Å². The Morgan fingerprint density at radius 2 is 2.21 bits per heavy atom. The zero-order chi connectivity index (χ0) is 10.2. The normalized spacial score (nSPS) is 20.8. The first kappa shape index (κ1) is 9.78. The summed E-state index contributed by atoms with van der Waals surface area (Å²) in [5.41, 5.74) is 0.543. The lowest BCUT2D eigenvalue weighted by atomic mass is 10.0. The molecule has 0 radical (unpaired) electrons. The third-order valence-corrected chi connectivity index (χ3v) is 3.46. The molecule has 1 aliphatic rings. The van der Waals surface area contributed by atoms with Gasteiger partial charge in [-0.15, -0.1) is 0 Å². The van der Waals surface area contributed by atoms with E-state index in [0.29, 0.717) is 11.5 Å². The second-order valence-corrected chi connectivity index (χ2v) is 4.77. The van der Waals surface area contributed by atoms with Gasteiger partial charge >= 0.3 is 0 Å². The molecular weight excluding hydrogens is 174 g/mol. The molecule has 1 saturated carbocycles. The molecule has 2 heteroatoms. The van der Waals surface area contributed by atoms with Crippen LogP contribution in [0.15, 0.2) is 16.5 Å². The highest BCUT2D eigenvalue weighted by Gasteiger charge is 2.42. The highest BCUT2D eigenvalue weighted by Crippen LogP contribution is 2.47. The van der Waals surface area contributed by atoms with Crippen LogP contribution >= 0.6 is 0 Å². The van der Waals surface area contributed by atoms with Crippen molar-refractivity contribution < 1.29 is 4.42 Å². The molecule has 1 aliphatic carbocycles. The summed E-state index contributed by atoms with van der Waals surface area (Å²) in [5, 5.41) is 3.52. The minimum absolute atomic E-state index is 0.543. The van der Waals surface area contributed by atoms with Gasteiger partial charge in [0.05, 0.1) is 6.54 Å². The Bertz CT molecular complexity index is 312. The first-order chi connectivity index (χ1) is 6.60. The lowest BCUT2D eigenvalue weighted by Gasteiger charge is -2.19. The summed E-state index contributed by atoms with van der Waals surface area (Å²) >= 11 is 0. The smallest absolute Gasteiger partial charge is 0.117 e. The lowest BCUT2D eigenvalue weighted by molar-refractivity contribution is 0.358. The maximum absolute atomic E-state index is 5.50. The van der Waals surface area contributed by atoms with Gasteiger partial charge in [0.15, 0.2) is 0 Å². The quantitative estimate of drug-likeness (QED) is 0.795. The molecule has 0 spiro atoms. The Balaban J connectivity index is 1.82. The largest absolute Gasteiger partial charge is 0.465 e. The zero-order valence-electron chi connectivity index (χ0n) is 9.26. The second kappa shape index (κ2) is 3.43. The van der Waals surface area contributed by atoms with Crippen molar-refractivity contribution in [1.29, 1.82) is 0 Å². The molecule has 0 aliphatic heterocycles. The summed E-state index contributed by atoms with van der Waals surface area (Å²) in [4.78, 5) is 0. The van der Waals surface area contributed by atoms with E-state index in [0.717, 1.165) is 18.1 Å². The van der Waals surface area contributed by atoms with Gasteiger partial charge in [-0.25, -0.2) is 0 Å². The first-order valence-electron chi connectivity index (χ1n) is 5.39. The standard InChI is InChI=1S/C12H19NO/c1-9-4-5-11(14-9)8-13-10(2)12(3)6-7-12/h4-5,10,13H,6-8H2,1-3H3. The second-order valence-electron chi connectivity index (χ2n) is 4.77. The molecule has 0 amide bonds. The highest BCUT2D eigenvalue weighted by atomic mass is 16.3. The monoisotopic (exact) mass is 193 g/mol. The molecule has 14 heavy (non-hydrogen) atoms. The molecule has 1 N–H and O–H groups in total. The van der Waals surface area contributed by atoms with E-state index in [1.807, 2.05) is 19.1 Å². The first-order valence-corrected chi connectivity index (χ1v) is 5.39. The molecular formula is C12H19NO. The van der Waals surface area contributed by atoms with Crippen LogP contribution in [0.5, 0.6) is 0 Å². The van der Waals surface area contributed by atoms with Crippen molar-refractivity contribution in [2.45, 2.75) is 46.2 Å². The van der Waals surface area contributed by atoms with E-state index < -0.39 is 0 Å². The Morgan fingerprint density at radius 3 is 2.71 bits per heavy atom. The van der Waals surface area contributed by atoms with Crippen molar-refractivity contribution >= 4 is 0 Å². The molecule has 1 unspecified atom stereocenters. The van der Waals surface area contributed by atoms with Crippen LogP contribution in [0, 0.1) is 12.3 Å². The predicted molar refractivity (Wildman–Crippen MR) is 57.1 cm³/mol. The maximum atomic E-state index is 5.50. The number of nitrogens with one attached hydrogen (secondary N) is 1. The minimum atomic E-state index is 0.543. The summed E-state index contributed by atoms with van der Waals surface area (Å²) in [7, 11) is 0. The van der Waals surface area contributed by atoms with E-state index >= 15 is 0 Å². The van der Waals surface area contributed by atoms with E-state index in [4.69, 9.17) is 4.42 Å². The number of aryl methyl sites for hydroxylation is 1. The average molecular weight is 193 g/mol. The van der Waals surface area contributed by atoms with Gasteiger partial charge in [-0.2, -0.15) is 0 Å². The van der Waals surface area contributed by atoms with Gasteiger partial charge in [0.2, 0.25) is 0 Å². The molecule has 1 atom stereocenters. The average Bonchev–Trinajstić information content (AvgIpc) is 2.76. The highest BCUT2D eigenvalue weighted by molar-refractivity contribution is 5.06. The molecule has 0 bridgehead atoms. The van der Waals surface area contributed by atoms with Crippen molar-refractivity contribution in [3.8, 4) is 0 Å². The van der Waals surface area contributed by atoms with Gasteiger partial charge < -0.3 is 9.73 Å². The Labute approximate surface area is 85.7 Å². The van der Waals surface area contributed by atoms with Crippen molar-refractivity contribution in [1.82, 2.24) is 5.32 Å². The third-order valence-electron chi connectivity index (χ3n) is 3.46. The topological polar surface area (TPSA) is 25.2 Å². The number of hydrogen-bond acceptors (Lipinski definition) is 2. The number of hydrogen-bond donors (Lipinski definition) is 1. The van der Waals surface area contributed by atoms with Crippen LogP contribution in [0.1, 0.15) is 38.2 Å². The number of furan rings is 1. The fourth-order valence-corrected chi connectivity index (χ4v) is 1.71. The Hall–Kier alpha value is -0.760. The predicted octanol–water partition coefficient (Wildman–Crippen LogP) is 2.87. The SMILES string of the molecule is Cc1ccc(CNC(C)C2(C)CC2)o1. The van der Waals surface area contributed by atoms with Crippen LogP contribution in [0.3, 0.4) is 0 Å². The van der Waals surface area contributed by atoms with Gasteiger partial charge in [-0.05, 0) is 44.2 Å².